The molecule has 1 aromatic carbocycles. The second kappa shape index (κ2) is 9.12. The Balaban J connectivity index is 1.71. The van der Waals surface area contributed by atoms with Crippen molar-refractivity contribution >= 4 is 15.9 Å². The molecule has 1 aliphatic heterocycles. The van der Waals surface area contributed by atoms with Crippen LogP contribution in [0.4, 0.5) is 0 Å². The highest BCUT2D eigenvalue weighted by atomic mass is 32.2. The summed E-state index contributed by atoms with van der Waals surface area (Å²) >= 11 is 0. The van der Waals surface area contributed by atoms with Crippen LogP contribution in [0.15, 0.2) is 24.3 Å². The van der Waals surface area contributed by atoms with Crippen molar-refractivity contribution in [3.05, 3.63) is 35.4 Å². The van der Waals surface area contributed by atoms with E-state index in [4.69, 9.17) is 10.5 Å². The van der Waals surface area contributed by atoms with Crippen molar-refractivity contribution in [1.29, 1.82) is 0 Å². The van der Waals surface area contributed by atoms with E-state index >= 15 is 0 Å². The summed E-state index contributed by atoms with van der Waals surface area (Å²) in [4.78, 5) is 12.0. The van der Waals surface area contributed by atoms with Gasteiger partial charge in [0.2, 0.25) is 10.0 Å². The number of hydrogen-bond acceptors (Lipinski definition) is 5. The van der Waals surface area contributed by atoms with Gasteiger partial charge in [-0.1, -0.05) is 12.1 Å². The summed E-state index contributed by atoms with van der Waals surface area (Å²) in [6.07, 6.45) is 2.91. The number of amides is 1. The van der Waals surface area contributed by atoms with Crippen LogP contribution in [0.1, 0.15) is 35.2 Å². The average molecular weight is 355 g/mol. The Hall–Kier alpha value is -1.48. The Labute approximate surface area is 143 Å². The molecule has 0 aliphatic carbocycles. The quantitative estimate of drug-likeness (QED) is 0.624. The molecule has 1 aliphatic rings. The van der Waals surface area contributed by atoms with Gasteiger partial charge in [0.1, 0.15) is 0 Å². The van der Waals surface area contributed by atoms with E-state index in [1.807, 2.05) is 0 Å². The van der Waals surface area contributed by atoms with Crippen molar-refractivity contribution in [3.8, 4) is 0 Å². The fraction of sp³-hybridized carbons (Fsp3) is 0.562. The first-order chi connectivity index (χ1) is 11.5. The van der Waals surface area contributed by atoms with Crippen LogP contribution in [-0.2, 0) is 21.3 Å². The topological polar surface area (TPSA) is 111 Å². The maximum atomic E-state index is 12.0. The summed E-state index contributed by atoms with van der Waals surface area (Å²) in [5.41, 5.74) is 6.92. The minimum atomic E-state index is -3.43. The van der Waals surface area contributed by atoms with E-state index in [0.717, 1.165) is 24.8 Å². The molecule has 4 N–H and O–H groups in total. The molecule has 7 nitrogen and oxygen atoms in total. The Morgan fingerprint density at radius 2 is 2.00 bits per heavy atom. The molecule has 2 rings (SSSR count). The number of hydrogen-bond donors (Lipinski definition) is 3. The van der Waals surface area contributed by atoms with Crippen LogP contribution in [0, 0.1) is 0 Å². The van der Waals surface area contributed by atoms with Gasteiger partial charge in [-0.15, -0.1) is 0 Å². The lowest BCUT2D eigenvalue weighted by atomic mass is 10.1. The molecule has 0 spiro atoms. The zero-order chi connectivity index (χ0) is 17.4. The molecule has 1 saturated heterocycles. The van der Waals surface area contributed by atoms with E-state index in [1.165, 1.54) is 0 Å². The lowest BCUT2D eigenvalue weighted by Gasteiger charge is -2.22. The van der Waals surface area contributed by atoms with E-state index in [1.54, 1.807) is 24.3 Å². The molecule has 1 fully saturated rings. The van der Waals surface area contributed by atoms with Crippen LogP contribution < -0.4 is 15.8 Å². The monoisotopic (exact) mass is 355 g/mol. The number of nitrogens with one attached hydrogen (secondary N) is 2. The molecular weight excluding hydrogens is 330 g/mol. The highest BCUT2D eigenvalue weighted by Gasteiger charge is 2.17. The molecule has 0 aromatic heterocycles. The van der Waals surface area contributed by atoms with Crippen LogP contribution in [0.5, 0.6) is 0 Å². The third kappa shape index (κ3) is 6.20. The average Bonchev–Trinajstić information content (AvgIpc) is 2.61. The normalized spacial score (nSPS) is 18.3. The molecule has 0 saturated carbocycles. The fourth-order valence-corrected chi connectivity index (χ4v) is 3.41. The minimum Gasteiger partial charge on any atom is -0.377 e. The number of benzene rings is 1. The van der Waals surface area contributed by atoms with E-state index < -0.39 is 10.0 Å². The summed E-state index contributed by atoms with van der Waals surface area (Å²) in [6, 6.07) is 6.89. The van der Waals surface area contributed by atoms with Gasteiger partial charge in [-0.2, -0.15) is 0 Å². The standard InChI is InChI=1S/C16H25N3O4S/c17-11-13-4-6-14(7-5-13)16(20)18-8-10-24(21,22)19-12-15-3-1-2-9-23-15/h4-7,15,19H,1-3,8-12,17H2,(H,18,20). The third-order valence-corrected chi connectivity index (χ3v) is 5.26. The van der Waals surface area contributed by atoms with Crippen molar-refractivity contribution in [2.45, 2.75) is 31.9 Å². The van der Waals surface area contributed by atoms with Crippen molar-refractivity contribution in [2.24, 2.45) is 5.73 Å². The molecule has 1 amide bonds. The van der Waals surface area contributed by atoms with E-state index in [0.29, 0.717) is 18.7 Å². The van der Waals surface area contributed by atoms with Crippen molar-refractivity contribution in [1.82, 2.24) is 10.0 Å². The molecule has 1 atom stereocenters. The largest absolute Gasteiger partial charge is 0.377 e. The first-order valence-corrected chi connectivity index (χ1v) is 9.81. The van der Waals surface area contributed by atoms with Crippen LogP contribution in [-0.4, -0.2) is 45.9 Å². The lowest BCUT2D eigenvalue weighted by molar-refractivity contribution is 0.0200. The SMILES string of the molecule is NCc1ccc(C(=O)NCCS(=O)(=O)NCC2CCCCO2)cc1. The molecule has 0 radical (unpaired) electrons. The summed E-state index contributed by atoms with van der Waals surface area (Å²) in [7, 11) is -3.43. The Morgan fingerprint density at radius 1 is 1.25 bits per heavy atom. The number of ether oxygens (including phenoxy) is 1. The fourth-order valence-electron chi connectivity index (χ4n) is 2.45. The molecular formula is C16H25N3O4S. The van der Waals surface area contributed by atoms with Crippen LogP contribution >= 0.6 is 0 Å². The van der Waals surface area contributed by atoms with Crippen LogP contribution in [0.25, 0.3) is 0 Å². The van der Waals surface area contributed by atoms with Crippen molar-refractivity contribution in [2.75, 3.05) is 25.4 Å². The highest BCUT2D eigenvalue weighted by Crippen LogP contribution is 2.11. The number of rotatable bonds is 8. The Kier molecular flexibility index (Phi) is 7.16. The zero-order valence-corrected chi connectivity index (χ0v) is 14.5. The third-order valence-electron chi connectivity index (χ3n) is 3.91. The molecule has 1 aromatic rings. The van der Waals surface area contributed by atoms with Gasteiger partial charge in [0, 0.05) is 31.8 Å². The Morgan fingerprint density at radius 3 is 2.62 bits per heavy atom. The molecule has 0 bridgehead atoms. The summed E-state index contributed by atoms with van der Waals surface area (Å²) in [6.45, 7) is 1.44. The van der Waals surface area contributed by atoms with Crippen LogP contribution in [0.2, 0.25) is 0 Å². The van der Waals surface area contributed by atoms with Gasteiger partial charge >= 0.3 is 0 Å². The molecule has 24 heavy (non-hydrogen) atoms. The summed E-state index contributed by atoms with van der Waals surface area (Å²) in [5.74, 6) is -0.462. The highest BCUT2D eigenvalue weighted by molar-refractivity contribution is 7.89. The Bertz CT molecular complexity index is 625. The zero-order valence-electron chi connectivity index (χ0n) is 13.7. The predicted molar refractivity (Wildman–Crippen MR) is 92.0 cm³/mol. The second-order valence-corrected chi connectivity index (χ2v) is 7.74. The van der Waals surface area contributed by atoms with Gasteiger partial charge in [-0.3, -0.25) is 4.79 Å². The van der Waals surface area contributed by atoms with E-state index in [-0.39, 0.29) is 30.9 Å². The number of carbonyl (C=O) groups excluding carboxylic acids is 1. The number of carbonyl (C=O) groups is 1. The smallest absolute Gasteiger partial charge is 0.251 e. The van der Waals surface area contributed by atoms with Gasteiger partial charge in [0.05, 0.1) is 11.9 Å². The molecule has 8 heteroatoms. The van der Waals surface area contributed by atoms with Gasteiger partial charge in [0.15, 0.2) is 0 Å². The number of sulfonamides is 1. The van der Waals surface area contributed by atoms with Crippen LogP contribution in [0.3, 0.4) is 0 Å². The van der Waals surface area contributed by atoms with E-state index in [2.05, 4.69) is 10.0 Å². The summed E-state index contributed by atoms with van der Waals surface area (Å²) < 4.78 is 31.9. The van der Waals surface area contributed by atoms with Gasteiger partial charge in [-0.05, 0) is 37.0 Å². The summed E-state index contributed by atoms with van der Waals surface area (Å²) in [5, 5.41) is 2.61. The first-order valence-electron chi connectivity index (χ1n) is 8.16. The number of nitrogens with two attached hydrogens (primary N) is 1. The van der Waals surface area contributed by atoms with E-state index in [9.17, 15) is 13.2 Å². The predicted octanol–water partition coefficient (Wildman–Crippen LogP) is 0.364. The minimum absolute atomic E-state index is 0.0517. The van der Waals surface area contributed by atoms with Crippen molar-refractivity contribution in [3.63, 3.8) is 0 Å². The van der Waals surface area contributed by atoms with Gasteiger partial charge < -0.3 is 15.8 Å². The first kappa shape index (κ1) is 18.9. The van der Waals surface area contributed by atoms with Gasteiger partial charge in [-0.25, -0.2) is 13.1 Å². The maximum absolute atomic E-state index is 12.0. The molecule has 134 valence electrons. The second-order valence-electron chi connectivity index (χ2n) is 5.81. The lowest BCUT2D eigenvalue weighted by Crippen LogP contribution is -2.39. The van der Waals surface area contributed by atoms with Crippen molar-refractivity contribution < 1.29 is 17.9 Å². The molecule has 1 unspecified atom stereocenters. The molecule has 1 heterocycles. The maximum Gasteiger partial charge on any atom is 0.251 e. The van der Waals surface area contributed by atoms with Gasteiger partial charge in [0.25, 0.3) is 5.91 Å².